The van der Waals surface area contributed by atoms with E-state index in [-0.39, 0.29) is 11.6 Å². The Hall–Kier alpha value is -3.75. The Morgan fingerprint density at radius 2 is 2.21 bits per heavy atom. The topological polar surface area (TPSA) is 104 Å². The van der Waals surface area contributed by atoms with E-state index >= 15 is 0 Å². The maximum Gasteiger partial charge on any atom is 0.277 e. The van der Waals surface area contributed by atoms with Gasteiger partial charge in [-0.3, -0.25) is 19.1 Å². The normalized spacial score (nSPS) is 13.6. The molecule has 4 aromatic heterocycles. The first-order valence-electron chi connectivity index (χ1n) is 9.40. The largest absolute Gasteiger partial charge is 0.444 e. The molecule has 0 bridgehead atoms. The number of rotatable bonds is 6. The van der Waals surface area contributed by atoms with Gasteiger partial charge in [-0.1, -0.05) is 6.07 Å². The van der Waals surface area contributed by atoms with Gasteiger partial charge < -0.3 is 9.73 Å². The maximum atomic E-state index is 12.7. The molecule has 0 atom stereocenters. The van der Waals surface area contributed by atoms with Gasteiger partial charge in [0.25, 0.3) is 5.91 Å². The second-order valence-electron chi connectivity index (χ2n) is 7.17. The van der Waals surface area contributed by atoms with Crippen molar-refractivity contribution in [2.45, 2.75) is 19.4 Å². The molecule has 9 nitrogen and oxygen atoms in total. The van der Waals surface area contributed by atoms with E-state index in [0.717, 1.165) is 18.0 Å². The predicted molar refractivity (Wildman–Crippen MR) is 105 cm³/mol. The highest BCUT2D eigenvalue weighted by atomic mass is 16.3. The number of anilines is 1. The standard InChI is InChI=1S/C20H19N7O2/c1-26-11-16(18(25-26)15-4-2-3-7-21-15)23-19(28)17-12-29-20(24-17)14-8-22-27(10-14)9-13-5-6-13/h2-4,7-8,10-13H,5-6,9H2,1H3,(H,23,28). The van der Waals surface area contributed by atoms with Gasteiger partial charge in [0.2, 0.25) is 5.89 Å². The van der Waals surface area contributed by atoms with E-state index in [1.165, 1.54) is 19.1 Å². The maximum absolute atomic E-state index is 12.7. The van der Waals surface area contributed by atoms with Gasteiger partial charge >= 0.3 is 0 Å². The summed E-state index contributed by atoms with van der Waals surface area (Å²) in [6.07, 6.45) is 10.9. The highest BCUT2D eigenvalue weighted by molar-refractivity contribution is 6.04. The summed E-state index contributed by atoms with van der Waals surface area (Å²) in [6.45, 7) is 0.908. The molecule has 146 valence electrons. The lowest BCUT2D eigenvalue weighted by molar-refractivity contribution is 0.102. The van der Waals surface area contributed by atoms with Gasteiger partial charge in [-0.05, 0) is 30.9 Å². The van der Waals surface area contributed by atoms with Crippen molar-refractivity contribution in [3.63, 3.8) is 0 Å². The molecule has 1 amide bonds. The molecule has 0 aromatic carbocycles. The van der Waals surface area contributed by atoms with E-state index < -0.39 is 0 Å². The van der Waals surface area contributed by atoms with Crippen LogP contribution in [0.2, 0.25) is 0 Å². The van der Waals surface area contributed by atoms with Crippen molar-refractivity contribution >= 4 is 11.6 Å². The van der Waals surface area contributed by atoms with Crippen LogP contribution < -0.4 is 5.32 Å². The first-order chi connectivity index (χ1) is 14.2. The Balaban J connectivity index is 1.34. The van der Waals surface area contributed by atoms with Crippen molar-refractivity contribution in [3.05, 3.63) is 54.9 Å². The molecule has 0 radical (unpaired) electrons. The Morgan fingerprint density at radius 3 is 3.00 bits per heavy atom. The molecule has 5 rings (SSSR count). The molecular weight excluding hydrogens is 370 g/mol. The van der Waals surface area contributed by atoms with Crippen molar-refractivity contribution in [2.75, 3.05) is 5.32 Å². The van der Waals surface area contributed by atoms with Crippen LogP contribution in [0.15, 0.2) is 53.7 Å². The van der Waals surface area contributed by atoms with Gasteiger partial charge in [-0.2, -0.15) is 10.2 Å². The highest BCUT2D eigenvalue weighted by Crippen LogP contribution is 2.31. The van der Waals surface area contributed by atoms with Crippen LogP contribution in [0, 0.1) is 5.92 Å². The average molecular weight is 389 g/mol. The van der Waals surface area contributed by atoms with Gasteiger partial charge in [0.1, 0.15) is 12.0 Å². The fraction of sp³-hybridized carbons (Fsp3) is 0.250. The van der Waals surface area contributed by atoms with E-state index in [2.05, 4.69) is 25.5 Å². The molecule has 9 heteroatoms. The van der Waals surface area contributed by atoms with E-state index in [1.807, 2.05) is 29.1 Å². The third-order valence-corrected chi connectivity index (χ3v) is 4.74. The first-order valence-corrected chi connectivity index (χ1v) is 9.40. The molecule has 0 saturated heterocycles. The van der Waals surface area contributed by atoms with E-state index in [9.17, 15) is 4.79 Å². The average Bonchev–Trinajstić information content (AvgIpc) is 3.11. The number of hydrogen-bond acceptors (Lipinski definition) is 6. The van der Waals surface area contributed by atoms with Gasteiger partial charge in [0, 0.05) is 32.2 Å². The third kappa shape index (κ3) is 3.66. The molecule has 29 heavy (non-hydrogen) atoms. The minimum absolute atomic E-state index is 0.186. The number of nitrogens with one attached hydrogen (secondary N) is 1. The lowest BCUT2D eigenvalue weighted by Crippen LogP contribution is -2.12. The van der Waals surface area contributed by atoms with Crippen LogP contribution in [0.1, 0.15) is 23.3 Å². The minimum atomic E-state index is -0.379. The van der Waals surface area contributed by atoms with E-state index in [1.54, 1.807) is 30.3 Å². The zero-order valence-electron chi connectivity index (χ0n) is 15.8. The second-order valence-corrected chi connectivity index (χ2v) is 7.17. The van der Waals surface area contributed by atoms with Crippen LogP contribution in [0.5, 0.6) is 0 Å². The molecule has 0 unspecified atom stereocenters. The Morgan fingerprint density at radius 1 is 1.31 bits per heavy atom. The lowest BCUT2D eigenvalue weighted by Gasteiger charge is -2.02. The van der Waals surface area contributed by atoms with Crippen LogP contribution in [0.25, 0.3) is 22.8 Å². The van der Waals surface area contributed by atoms with E-state index in [4.69, 9.17) is 4.42 Å². The minimum Gasteiger partial charge on any atom is -0.444 e. The molecule has 1 aliphatic rings. The Labute approximate surface area is 166 Å². The smallest absolute Gasteiger partial charge is 0.277 e. The van der Waals surface area contributed by atoms with Crippen molar-refractivity contribution in [3.8, 4) is 22.8 Å². The molecule has 4 aromatic rings. The summed E-state index contributed by atoms with van der Waals surface area (Å²) in [5.41, 5.74) is 2.75. The van der Waals surface area contributed by atoms with Gasteiger partial charge in [-0.15, -0.1) is 0 Å². The zero-order chi connectivity index (χ0) is 19.8. The fourth-order valence-electron chi connectivity index (χ4n) is 3.11. The summed E-state index contributed by atoms with van der Waals surface area (Å²) in [6, 6.07) is 5.54. The predicted octanol–water partition coefficient (Wildman–Crippen LogP) is 3.00. The quantitative estimate of drug-likeness (QED) is 0.544. The number of pyridine rings is 1. The monoisotopic (exact) mass is 389 g/mol. The number of hydrogen-bond donors (Lipinski definition) is 1. The summed E-state index contributed by atoms with van der Waals surface area (Å²) in [4.78, 5) is 21.3. The van der Waals surface area contributed by atoms with Crippen molar-refractivity contribution in [1.82, 2.24) is 29.5 Å². The Bertz CT molecular complexity index is 1150. The number of aromatic nitrogens is 6. The van der Waals surface area contributed by atoms with Crippen molar-refractivity contribution in [1.29, 1.82) is 0 Å². The summed E-state index contributed by atoms with van der Waals surface area (Å²) < 4.78 is 9.03. The molecule has 1 saturated carbocycles. The molecule has 1 fully saturated rings. The van der Waals surface area contributed by atoms with Crippen LogP contribution in [0.4, 0.5) is 5.69 Å². The van der Waals surface area contributed by atoms with Crippen LogP contribution in [0.3, 0.4) is 0 Å². The molecular formula is C20H19N7O2. The lowest BCUT2D eigenvalue weighted by atomic mass is 10.2. The van der Waals surface area contributed by atoms with Crippen LogP contribution in [-0.4, -0.2) is 35.4 Å². The SMILES string of the molecule is Cn1cc(NC(=O)c2coc(-c3cnn(CC4CC4)c3)n2)c(-c2ccccn2)n1. The van der Waals surface area contributed by atoms with Crippen molar-refractivity contribution in [2.24, 2.45) is 13.0 Å². The number of nitrogens with zero attached hydrogens (tertiary/aromatic N) is 6. The zero-order valence-corrected chi connectivity index (χ0v) is 15.8. The van der Waals surface area contributed by atoms with Gasteiger partial charge in [0.05, 0.1) is 23.1 Å². The number of amides is 1. The van der Waals surface area contributed by atoms with E-state index in [0.29, 0.717) is 23.0 Å². The molecule has 1 N–H and O–H groups in total. The summed E-state index contributed by atoms with van der Waals surface area (Å²) in [5.74, 6) is 0.713. The highest BCUT2D eigenvalue weighted by Gasteiger charge is 2.23. The molecule has 0 spiro atoms. The number of oxazole rings is 1. The number of aryl methyl sites for hydroxylation is 1. The third-order valence-electron chi connectivity index (χ3n) is 4.74. The second kappa shape index (κ2) is 7.01. The summed E-state index contributed by atoms with van der Waals surface area (Å²) in [5, 5.41) is 11.6. The van der Waals surface area contributed by atoms with Crippen LogP contribution >= 0.6 is 0 Å². The van der Waals surface area contributed by atoms with Crippen molar-refractivity contribution < 1.29 is 9.21 Å². The summed E-state index contributed by atoms with van der Waals surface area (Å²) in [7, 11) is 1.79. The number of carbonyl (C=O) groups is 1. The van der Waals surface area contributed by atoms with Crippen LogP contribution in [-0.2, 0) is 13.6 Å². The first kappa shape index (κ1) is 17.4. The Kier molecular flexibility index (Phi) is 4.19. The molecule has 1 aliphatic carbocycles. The number of carbonyl (C=O) groups excluding carboxylic acids is 1. The molecule has 4 heterocycles. The molecule has 0 aliphatic heterocycles. The fourth-order valence-corrected chi connectivity index (χ4v) is 3.11. The summed E-state index contributed by atoms with van der Waals surface area (Å²) >= 11 is 0. The van der Waals surface area contributed by atoms with Gasteiger partial charge in [-0.25, -0.2) is 4.98 Å². The van der Waals surface area contributed by atoms with Gasteiger partial charge in [0.15, 0.2) is 5.69 Å².